The van der Waals surface area contributed by atoms with Crippen LogP contribution in [0, 0.1) is 12.3 Å². The first-order chi connectivity index (χ1) is 20.4. The lowest BCUT2D eigenvalue weighted by molar-refractivity contribution is 0.0526. The number of thiophene rings is 1. The number of hydrogen-bond donors (Lipinski definition) is 2. The van der Waals surface area contributed by atoms with Gasteiger partial charge >= 0.3 is 5.97 Å². The topological polar surface area (TPSA) is 119 Å². The maximum atomic E-state index is 13.9. The number of ether oxygens (including phenoxy) is 1. The molecular formula is C32H31N5O4S. The highest BCUT2D eigenvalue weighted by atomic mass is 32.1. The van der Waals surface area contributed by atoms with Crippen molar-refractivity contribution >= 4 is 44.9 Å². The second kappa shape index (κ2) is 11.4. The SMILES string of the molecule is CCOC(=O)c1c(NC(=O)c2cc3c(=O)n4cccc(C)c4nc3n(CCc3ccccc3)c2=N)sc2c1CCCC2. The van der Waals surface area contributed by atoms with E-state index >= 15 is 0 Å². The lowest BCUT2D eigenvalue weighted by atomic mass is 9.95. The van der Waals surface area contributed by atoms with Crippen LogP contribution in [0.25, 0.3) is 16.7 Å². The molecule has 6 rings (SSSR count). The van der Waals surface area contributed by atoms with Crippen LogP contribution in [0.1, 0.15) is 62.0 Å². The number of anilines is 1. The Balaban J connectivity index is 1.49. The number of hydrogen-bond acceptors (Lipinski definition) is 7. The highest BCUT2D eigenvalue weighted by Gasteiger charge is 2.28. The molecule has 1 aliphatic carbocycles. The highest BCUT2D eigenvalue weighted by Crippen LogP contribution is 2.38. The molecule has 42 heavy (non-hydrogen) atoms. The lowest BCUT2D eigenvalue weighted by Crippen LogP contribution is -2.32. The van der Waals surface area contributed by atoms with E-state index in [1.807, 2.05) is 43.3 Å². The van der Waals surface area contributed by atoms with Crippen molar-refractivity contribution in [3.05, 3.63) is 103 Å². The van der Waals surface area contributed by atoms with Gasteiger partial charge in [0.2, 0.25) is 0 Å². The third-order valence-corrected chi connectivity index (χ3v) is 8.93. The fourth-order valence-electron chi connectivity index (χ4n) is 5.62. The van der Waals surface area contributed by atoms with Gasteiger partial charge in [-0.1, -0.05) is 36.4 Å². The van der Waals surface area contributed by atoms with Gasteiger partial charge in [-0.25, -0.2) is 9.78 Å². The second-order valence-corrected chi connectivity index (χ2v) is 11.5. The predicted octanol–water partition coefficient (Wildman–Crippen LogP) is 5.05. The Morgan fingerprint density at radius 1 is 1.10 bits per heavy atom. The maximum Gasteiger partial charge on any atom is 0.341 e. The first-order valence-electron chi connectivity index (χ1n) is 14.1. The van der Waals surface area contributed by atoms with Crippen molar-refractivity contribution < 1.29 is 14.3 Å². The average Bonchev–Trinajstić information content (AvgIpc) is 3.35. The van der Waals surface area contributed by atoms with Crippen LogP contribution in [-0.2, 0) is 30.5 Å². The molecule has 5 aromatic rings. The summed E-state index contributed by atoms with van der Waals surface area (Å²) >= 11 is 1.39. The normalized spacial score (nSPS) is 12.8. The molecule has 4 aromatic heterocycles. The second-order valence-electron chi connectivity index (χ2n) is 10.4. The van der Waals surface area contributed by atoms with Gasteiger partial charge in [0.15, 0.2) is 0 Å². The van der Waals surface area contributed by atoms with Gasteiger partial charge < -0.3 is 14.6 Å². The Morgan fingerprint density at radius 2 is 1.88 bits per heavy atom. The van der Waals surface area contributed by atoms with Crippen molar-refractivity contribution in [2.75, 3.05) is 11.9 Å². The first-order valence-corrected chi connectivity index (χ1v) is 15.0. The van der Waals surface area contributed by atoms with Crippen LogP contribution in [-0.4, -0.2) is 32.4 Å². The minimum absolute atomic E-state index is 0.0308. The summed E-state index contributed by atoms with van der Waals surface area (Å²) in [5, 5.41) is 12.7. The smallest absolute Gasteiger partial charge is 0.341 e. The van der Waals surface area contributed by atoms with Crippen molar-refractivity contribution in [1.29, 1.82) is 5.41 Å². The number of nitrogens with one attached hydrogen (secondary N) is 2. The van der Waals surface area contributed by atoms with E-state index in [1.54, 1.807) is 23.8 Å². The molecule has 0 unspecified atom stereocenters. The van der Waals surface area contributed by atoms with Gasteiger partial charge in [-0.15, -0.1) is 11.3 Å². The summed E-state index contributed by atoms with van der Waals surface area (Å²) in [5.74, 6) is -1.02. The van der Waals surface area contributed by atoms with Crippen molar-refractivity contribution in [2.24, 2.45) is 0 Å². The van der Waals surface area contributed by atoms with Crippen LogP contribution in [0.2, 0.25) is 0 Å². The monoisotopic (exact) mass is 581 g/mol. The van der Waals surface area contributed by atoms with Gasteiger partial charge in [0.1, 0.15) is 21.8 Å². The van der Waals surface area contributed by atoms with E-state index < -0.39 is 11.9 Å². The van der Waals surface area contributed by atoms with E-state index in [0.29, 0.717) is 34.8 Å². The number of carbonyl (C=O) groups is 2. The predicted molar refractivity (Wildman–Crippen MR) is 163 cm³/mol. The Bertz CT molecular complexity index is 1970. The van der Waals surface area contributed by atoms with Crippen molar-refractivity contribution in [3.8, 4) is 0 Å². The summed E-state index contributed by atoms with van der Waals surface area (Å²) in [7, 11) is 0. The molecule has 0 spiro atoms. The molecule has 10 heteroatoms. The Hall–Kier alpha value is -4.57. The van der Waals surface area contributed by atoms with E-state index in [0.717, 1.165) is 47.3 Å². The minimum atomic E-state index is -0.562. The number of nitrogens with zero attached hydrogens (tertiary/aromatic N) is 3. The molecule has 0 aliphatic heterocycles. The minimum Gasteiger partial charge on any atom is -0.462 e. The van der Waals surface area contributed by atoms with Crippen LogP contribution in [0.15, 0.2) is 59.5 Å². The number of pyridine rings is 2. The quantitative estimate of drug-likeness (QED) is 0.206. The maximum absolute atomic E-state index is 13.9. The van der Waals surface area contributed by atoms with E-state index in [4.69, 9.17) is 15.1 Å². The Morgan fingerprint density at radius 3 is 2.67 bits per heavy atom. The molecule has 1 amide bonds. The number of aryl methyl sites for hydroxylation is 4. The summed E-state index contributed by atoms with van der Waals surface area (Å²) in [6.45, 7) is 4.20. The molecule has 9 nitrogen and oxygen atoms in total. The zero-order chi connectivity index (χ0) is 29.4. The molecule has 2 N–H and O–H groups in total. The van der Waals surface area contributed by atoms with Gasteiger partial charge in [0.25, 0.3) is 11.5 Å². The molecule has 0 radical (unpaired) electrons. The summed E-state index contributed by atoms with van der Waals surface area (Å²) in [6.07, 6.45) is 5.83. The molecule has 0 saturated heterocycles. The van der Waals surface area contributed by atoms with Crippen LogP contribution in [0.4, 0.5) is 5.00 Å². The number of esters is 1. The number of aromatic nitrogens is 3. The van der Waals surface area contributed by atoms with E-state index in [9.17, 15) is 14.4 Å². The van der Waals surface area contributed by atoms with Crippen LogP contribution in [0.3, 0.4) is 0 Å². The molecule has 1 aromatic carbocycles. The summed E-state index contributed by atoms with van der Waals surface area (Å²) < 4.78 is 8.45. The fourth-order valence-corrected chi connectivity index (χ4v) is 6.89. The number of amides is 1. The number of rotatable bonds is 7. The van der Waals surface area contributed by atoms with Gasteiger partial charge in [-0.2, -0.15) is 0 Å². The van der Waals surface area contributed by atoms with Gasteiger partial charge in [0, 0.05) is 17.6 Å². The van der Waals surface area contributed by atoms with Gasteiger partial charge in [-0.05, 0) is 74.8 Å². The molecule has 0 saturated carbocycles. The van der Waals surface area contributed by atoms with Crippen molar-refractivity contribution in [1.82, 2.24) is 14.0 Å². The fraction of sp³-hybridized carbons (Fsp3) is 0.281. The van der Waals surface area contributed by atoms with Crippen LogP contribution < -0.4 is 16.4 Å². The standard InChI is InChI=1S/C32H31N5O4S/c1-3-41-32(40)25-21-13-7-8-14-24(21)42-30(25)35-29(38)22-18-23-28(34-27-19(2)10-9-16-37(27)31(23)39)36(26(22)33)17-15-20-11-5-4-6-12-20/h4-6,9-12,16,18,33H,3,7-8,13-15,17H2,1-2H3,(H,35,38). The molecule has 214 valence electrons. The van der Waals surface area contributed by atoms with Gasteiger partial charge in [-0.3, -0.25) is 19.4 Å². The molecular weight excluding hydrogens is 550 g/mol. The zero-order valence-corrected chi connectivity index (χ0v) is 24.3. The zero-order valence-electron chi connectivity index (χ0n) is 23.5. The Labute approximate surface area is 245 Å². The van der Waals surface area contributed by atoms with Crippen molar-refractivity contribution in [3.63, 3.8) is 0 Å². The third-order valence-electron chi connectivity index (χ3n) is 7.72. The van der Waals surface area contributed by atoms with E-state index in [2.05, 4.69) is 5.32 Å². The molecule has 0 bridgehead atoms. The summed E-state index contributed by atoms with van der Waals surface area (Å²) in [5.41, 5.74) is 3.73. The van der Waals surface area contributed by atoms with Crippen LogP contribution >= 0.6 is 11.3 Å². The lowest BCUT2D eigenvalue weighted by Gasteiger charge is -2.15. The first kappa shape index (κ1) is 27.6. The Kier molecular flexibility index (Phi) is 7.47. The van der Waals surface area contributed by atoms with E-state index in [1.165, 1.54) is 21.8 Å². The molecule has 1 aliphatic rings. The van der Waals surface area contributed by atoms with Crippen molar-refractivity contribution in [2.45, 2.75) is 52.5 Å². The average molecular weight is 582 g/mol. The molecule has 0 fully saturated rings. The molecule has 0 atom stereocenters. The number of carbonyl (C=O) groups excluding carboxylic acids is 2. The number of benzene rings is 1. The van der Waals surface area contributed by atoms with Crippen LogP contribution in [0.5, 0.6) is 0 Å². The number of fused-ring (bicyclic) bond motifs is 3. The van der Waals surface area contributed by atoms with Gasteiger partial charge in [0.05, 0.1) is 23.1 Å². The summed E-state index contributed by atoms with van der Waals surface area (Å²) in [4.78, 5) is 46.4. The summed E-state index contributed by atoms with van der Waals surface area (Å²) in [6, 6.07) is 15.0. The highest BCUT2D eigenvalue weighted by molar-refractivity contribution is 7.17. The molecule has 4 heterocycles. The third kappa shape index (κ3) is 4.92. The van der Waals surface area contributed by atoms with E-state index in [-0.39, 0.29) is 28.6 Å². The largest absolute Gasteiger partial charge is 0.462 e.